The van der Waals surface area contributed by atoms with Crippen molar-refractivity contribution in [2.24, 2.45) is 0 Å². The Labute approximate surface area is 112 Å². The monoisotopic (exact) mass is 318 g/mol. The number of para-hydroxylation sites is 1. The molecule has 7 heteroatoms. The zero-order chi connectivity index (χ0) is 13.7. The molecule has 0 spiro atoms. The molecule has 2 amide bonds. The molecule has 0 bridgehead atoms. The van der Waals surface area contributed by atoms with Crippen LogP contribution in [0, 0.1) is 5.82 Å². The molecule has 0 saturated heterocycles. The van der Waals surface area contributed by atoms with E-state index in [2.05, 4.69) is 26.6 Å². The van der Waals surface area contributed by atoms with Crippen LogP contribution in [0.15, 0.2) is 22.7 Å². The number of carbonyl (C=O) groups excluding carboxylic acids is 2. The van der Waals surface area contributed by atoms with Gasteiger partial charge in [-0.1, -0.05) is 6.07 Å². The smallest absolute Gasteiger partial charge is 0.313 e. The van der Waals surface area contributed by atoms with Gasteiger partial charge in [0.05, 0.1) is 11.8 Å². The van der Waals surface area contributed by atoms with Crippen LogP contribution in [0.5, 0.6) is 0 Å². The first-order chi connectivity index (χ1) is 8.41. The third kappa shape index (κ3) is 4.08. The van der Waals surface area contributed by atoms with Crippen LogP contribution < -0.4 is 10.6 Å². The molecular weight excluding hydrogens is 307 g/mol. The highest BCUT2D eigenvalue weighted by molar-refractivity contribution is 9.10. The van der Waals surface area contributed by atoms with Gasteiger partial charge in [-0.2, -0.15) is 0 Å². The van der Waals surface area contributed by atoms with Crippen LogP contribution in [0.3, 0.4) is 0 Å². The van der Waals surface area contributed by atoms with E-state index in [1.807, 2.05) is 0 Å². The summed E-state index contributed by atoms with van der Waals surface area (Å²) in [5, 5.41) is 13.3. The molecule has 1 unspecified atom stereocenters. The minimum Gasteiger partial charge on any atom is -0.392 e. The van der Waals surface area contributed by atoms with E-state index in [0.29, 0.717) is 4.47 Å². The molecule has 0 aliphatic carbocycles. The minimum absolute atomic E-state index is 0.0509. The molecule has 0 aliphatic heterocycles. The van der Waals surface area contributed by atoms with Gasteiger partial charge in [0.25, 0.3) is 0 Å². The molecule has 1 aromatic rings. The van der Waals surface area contributed by atoms with Gasteiger partial charge < -0.3 is 15.7 Å². The maximum absolute atomic E-state index is 13.4. The first-order valence-corrected chi connectivity index (χ1v) is 5.92. The Kier molecular flexibility index (Phi) is 5.24. The molecule has 1 rings (SSSR count). The number of halogens is 2. The molecule has 0 saturated carbocycles. The van der Waals surface area contributed by atoms with Crippen molar-refractivity contribution in [1.29, 1.82) is 0 Å². The number of aliphatic hydroxyl groups is 1. The zero-order valence-electron chi connectivity index (χ0n) is 9.54. The van der Waals surface area contributed by atoms with Crippen molar-refractivity contribution in [3.63, 3.8) is 0 Å². The standard InChI is InChI=1S/C11H12BrFN2O3/c1-6(16)5-14-10(17)11(18)15-9-7(12)3-2-4-8(9)13/h2-4,6,16H,5H2,1H3,(H,14,17)(H,15,18). The summed E-state index contributed by atoms with van der Waals surface area (Å²) in [6.07, 6.45) is -0.762. The Morgan fingerprint density at radius 3 is 2.67 bits per heavy atom. The quantitative estimate of drug-likeness (QED) is 0.728. The Hall–Kier alpha value is -1.47. The first-order valence-electron chi connectivity index (χ1n) is 5.13. The maximum Gasteiger partial charge on any atom is 0.313 e. The predicted molar refractivity (Wildman–Crippen MR) is 67.4 cm³/mol. The van der Waals surface area contributed by atoms with Crippen LogP contribution >= 0.6 is 15.9 Å². The van der Waals surface area contributed by atoms with Gasteiger partial charge in [0.2, 0.25) is 0 Å². The van der Waals surface area contributed by atoms with E-state index in [0.717, 1.165) is 6.07 Å². The fourth-order valence-electron chi connectivity index (χ4n) is 1.11. The summed E-state index contributed by atoms with van der Waals surface area (Å²) in [5.41, 5.74) is -0.102. The van der Waals surface area contributed by atoms with E-state index in [9.17, 15) is 14.0 Å². The van der Waals surface area contributed by atoms with Gasteiger partial charge >= 0.3 is 11.8 Å². The second-order valence-electron chi connectivity index (χ2n) is 3.61. The molecular formula is C11H12BrFN2O3. The van der Waals surface area contributed by atoms with Crippen LogP contribution in [0.2, 0.25) is 0 Å². The Morgan fingerprint density at radius 1 is 1.44 bits per heavy atom. The van der Waals surface area contributed by atoms with Gasteiger partial charge in [0.15, 0.2) is 0 Å². The van der Waals surface area contributed by atoms with Gasteiger partial charge in [-0.15, -0.1) is 0 Å². The number of nitrogens with one attached hydrogen (secondary N) is 2. The summed E-state index contributed by atoms with van der Waals surface area (Å²) >= 11 is 3.06. The van der Waals surface area contributed by atoms with E-state index in [1.54, 1.807) is 0 Å². The average Bonchev–Trinajstić information content (AvgIpc) is 2.30. The molecule has 0 aliphatic rings. The minimum atomic E-state index is -0.999. The normalized spacial score (nSPS) is 11.8. The predicted octanol–water partition coefficient (Wildman–Crippen LogP) is 1.02. The summed E-state index contributed by atoms with van der Waals surface area (Å²) in [6.45, 7) is 1.41. The van der Waals surface area contributed by atoms with Crippen LogP contribution in [0.4, 0.5) is 10.1 Å². The Balaban J connectivity index is 2.67. The number of benzene rings is 1. The fourth-order valence-corrected chi connectivity index (χ4v) is 1.55. The van der Waals surface area contributed by atoms with Crippen LogP contribution in [-0.2, 0) is 9.59 Å². The van der Waals surface area contributed by atoms with Crippen molar-refractivity contribution in [3.05, 3.63) is 28.5 Å². The van der Waals surface area contributed by atoms with Gasteiger partial charge in [-0.3, -0.25) is 9.59 Å². The summed E-state index contributed by atoms with van der Waals surface area (Å²) < 4.78 is 13.7. The fraction of sp³-hybridized carbons (Fsp3) is 0.273. The van der Waals surface area contributed by atoms with Crippen LogP contribution in [-0.4, -0.2) is 29.6 Å². The molecule has 0 fully saturated rings. The molecule has 98 valence electrons. The molecule has 18 heavy (non-hydrogen) atoms. The molecule has 1 aromatic carbocycles. The average molecular weight is 319 g/mol. The number of hydrogen-bond donors (Lipinski definition) is 3. The SMILES string of the molecule is CC(O)CNC(=O)C(=O)Nc1c(F)cccc1Br. The van der Waals surface area contributed by atoms with E-state index < -0.39 is 23.7 Å². The first kappa shape index (κ1) is 14.6. The second-order valence-corrected chi connectivity index (χ2v) is 4.46. The third-order valence-electron chi connectivity index (χ3n) is 1.97. The lowest BCUT2D eigenvalue weighted by Crippen LogP contribution is -2.39. The van der Waals surface area contributed by atoms with Crippen LogP contribution in [0.1, 0.15) is 6.92 Å². The lowest BCUT2D eigenvalue weighted by molar-refractivity contribution is -0.136. The van der Waals surface area contributed by atoms with Crippen molar-refractivity contribution in [2.75, 3.05) is 11.9 Å². The Bertz CT molecular complexity index is 445. The van der Waals surface area contributed by atoms with Crippen molar-refractivity contribution >= 4 is 33.4 Å². The Morgan fingerprint density at radius 2 is 2.11 bits per heavy atom. The van der Waals surface area contributed by atoms with Crippen molar-refractivity contribution < 1.29 is 19.1 Å². The summed E-state index contributed by atoms with van der Waals surface area (Å²) in [5.74, 6) is -2.59. The number of rotatable bonds is 3. The molecule has 0 aromatic heterocycles. The number of amides is 2. The third-order valence-corrected chi connectivity index (χ3v) is 2.63. The molecule has 1 atom stereocenters. The number of carbonyl (C=O) groups is 2. The molecule has 0 radical (unpaired) electrons. The second kappa shape index (κ2) is 6.46. The summed E-state index contributed by atoms with van der Waals surface area (Å²) in [6, 6.07) is 4.16. The highest BCUT2D eigenvalue weighted by Crippen LogP contribution is 2.24. The lowest BCUT2D eigenvalue weighted by Gasteiger charge is -2.09. The van der Waals surface area contributed by atoms with Crippen molar-refractivity contribution in [2.45, 2.75) is 13.0 Å². The van der Waals surface area contributed by atoms with E-state index >= 15 is 0 Å². The molecule has 0 heterocycles. The molecule has 3 N–H and O–H groups in total. The van der Waals surface area contributed by atoms with E-state index in [4.69, 9.17) is 5.11 Å². The van der Waals surface area contributed by atoms with E-state index in [-0.39, 0.29) is 12.2 Å². The van der Waals surface area contributed by atoms with Gasteiger partial charge in [0, 0.05) is 11.0 Å². The van der Waals surface area contributed by atoms with Gasteiger partial charge in [-0.25, -0.2) is 4.39 Å². The number of anilines is 1. The van der Waals surface area contributed by atoms with Crippen molar-refractivity contribution in [3.8, 4) is 0 Å². The van der Waals surface area contributed by atoms with Crippen molar-refractivity contribution in [1.82, 2.24) is 5.32 Å². The highest BCUT2D eigenvalue weighted by atomic mass is 79.9. The number of aliphatic hydroxyl groups excluding tert-OH is 1. The van der Waals surface area contributed by atoms with Gasteiger partial charge in [-0.05, 0) is 35.0 Å². The summed E-state index contributed by atoms with van der Waals surface area (Å²) in [7, 11) is 0. The lowest BCUT2D eigenvalue weighted by atomic mass is 10.3. The number of hydrogen-bond acceptors (Lipinski definition) is 3. The van der Waals surface area contributed by atoms with Gasteiger partial charge in [0.1, 0.15) is 5.82 Å². The summed E-state index contributed by atoms with van der Waals surface area (Å²) in [4.78, 5) is 22.7. The molecule has 5 nitrogen and oxygen atoms in total. The van der Waals surface area contributed by atoms with E-state index in [1.165, 1.54) is 19.1 Å². The highest BCUT2D eigenvalue weighted by Gasteiger charge is 2.17. The zero-order valence-corrected chi connectivity index (χ0v) is 11.1. The largest absolute Gasteiger partial charge is 0.392 e. The maximum atomic E-state index is 13.4. The van der Waals surface area contributed by atoms with Crippen LogP contribution in [0.25, 0.3) is 0 Å². The topological polar surface area (TPSA) is 78.4 Å².